The summed E-state index contributed by atoms with van der Waals surface area (Å²) in [5.74, 6) is 2.59. The van der Waals surface area contributed by atoms with Gasteiger partial charge in [0.2, 0.25) is 11.7 Å². The van der Waals surface area contributed by atoms with Gasteiger partial charge in [0.05, 0.1) is 32.5 Å². The quantitative estimate of drug-likeness (QED) is 0.471. The third kappa shape index (κ3) is 4.06. The van der Waals surface area contributed by atoms with E-state index in [0.29, 0.717) is 47.2 Å². The van der Waals surface area contributed by atoms with E-state index in [1.807, 2.05) is 38.1 Å². The molecular weight excluding hydrogens is 422 g/mol. The zero-order valence-corrected chi connectivity index (χ0v) is 19.9. The predicted octanol–water partition coefficient (Wildman–Crippen LogP) is 3.12. The first-order valence-corrected chi connectivity index (χ1v) is 10.7. The number of ether oxygens (including phenoxy) is 3. The number of benzene rings is 2. The van der Waals surface area contributed by atoms with Crippen molar-refractivity contribution in [2.24, 2.45) is 4.99 Å². The van der Waals surface area contributed by atoms with Gasteiger partial charge in [-0.05, 0) is 30.5 Å². The number of aliphatic imine (C=N–C) groups is 1. The Hall–Kier alpha value is -3.75. The minimum Gasteiger partial charge on any atom is -0.493 e. The molecule has 9 heteroatoms. The zero-order valence-electron chi connectivity index (χ0n) is 19.9. The second-order valence-corrected chi connectivity index (χ2v) is 8.07. The number of methoxy groups -OCH3 is 3. The smallest absolute Gasteiger partial charge is 0.286 e. The fourth-order valence-corrected chi connectivity index (χ4v) is 4.07. The summed E-state index contributed by atoms with van der Waals surface area (Å²) in [6.45, 7) is 3.33. The Labute approximate surface area is 192 Å². The molecule has 1 aliphatic rings. The molecule has 0 radical (unpaired) electrons. The maximum Gasteiger partial charge on any atom is 0.286 e. The third-order valence-corrected chi connectivity index (χ3v) is 5.97. The molecule has 0 saturated carbocycles. The van der Waals surface area contributed by atoms with Gasteiger partial charge in [-0.1, -0.05) is 12.1 Å². The van der Waals surface area contributed by atoms with E-state index in [9.17, 15) is 4.79 Å². The van der Waals surface area contributed by atoms with Gasteiger partial charge in [-0.25, -0.2) is 4.99 Å². The van der Waals surface area contributed by atoms with Gasteiger partial charge in [-0.15, -0.1) is 0 Å². The number of aromatic nitrogens is 2. The SMILES string of the molecule is COc1cc2[nH]c(N3CCc4c(cccc4N=C(C)N(C)C)C3)nc(=O)c2c(OC)c1OC. The van der Waals surface area contributed by atoms with E-state index in [2.05, 4.69) is 20.9 Å². The highest BCUT2D eigenvalue weighted by Gasteiger charge is 2.24. The van der Waals surface area contributed by atoms with Crippen molar-refractivity contribution >= 4 is 28.4 Å². The van der Waals surface area contributed by atoms with Crippen LogP contribution < -0.4 is 24.7 Å². The van der Waals surface area contributed by atoms with Crippen LogP contribution in [0.1, 0.15) is 18.1 Å². The monoisotopic (exact) mass is 451 g/mol. The minimum absolute atomic E-state index is 0.301. The van der Waals surface area contributed by atoms with Crippen molar-refractivity contribution in [2.45, 2.75) is 19.9 Å². The first kappa shape index (κ1) is 22.4. The van der Waals surface area contributed by atoms with Crippen molar-refractivity contribution in [3.63, 3.8) is 0 Å². The highest BCUT2D eigenvalue weighted by Crippen LogP contribution is 2.41. The van der Waals surface area contributed by atoms with E-state index < -0.39 is 0 Å². The highest BCUT2D eigenvalue weighted by molar-refractivity contribution is 5.90. The zero-order chi connectivity index (χ0) is 23.7. The lowest BCUT2D eigenvalue weighted by molar-refractivity contribution is 0.327. The lowest BCUT2D eigenvalue weighted by atomic mass is 9.98. The van der Waals surface area contributed by atoms with Crippen LogP contribution in [0.3, 0.4) is 0 Å². The van der Waals surface area contributed by atoms with Crippen LogP contribution in [-0.2, 0) is 13.0 Å². The minimum atomic E-state index is -0.387. The van der Waals surface area contributed by atoms with Crippen LogP contribution in [0.25, 0.3) is 10.9 Å². The Morgan fingerprint density at radius 2 is 1.91 bits per heavy atom. The number of rotatable bonds is 5. The molecule has 9 nitrogen and oxygen atoms in total. The molecule has 0 aliphatic carbocycles. The van der Waals surface area contributed by atoms with Crippen molar-refractivity contribution in [2.75, 3.05) is 46.9 Å². The topological polar surface area (TPSA) is 92.3 Å². The molecule has 1 aliphatic heterocycles. The van der Waals surface area contributed by atoms with Gasteiger partial charge in [0, 0.05) is 33.3 Å². The number of hydrogen-bond donors (Lipinski definition) is 1. The molecule has 1 aromatic heterocycles. The molecule has 0 bridgehead atoms. The van der Waals surface area contributed by atoms with Gasteiger partial charge in [0.15, 0.2) is 11.5 Å². The fourth-order valence-electron chi connectivity index (χ4n) is 4.07. The van der Waals surface area contributed by atoms with Crippen LogP contribution in [0.5, 0.6) is 17.2 Å². The number of fused-ring (bicyclic) bond motifs is 2. The molecule has 4 rings (SSSR count). The van der Waals surface area contributed by atoms with Gasteiger partial charge in [-0.2, -0.15) is 4.98 Å². The summed E-state index contributed by atoms with van der Waals surface area (Å²) in [6.07, 6.45) is 0.798. The average molecular weight is 452 g/mol. The summed E-state index contributed by atoms with van der Waals surface area (Å²) < 4.78 is 16.3. The number of amidine groups is 1. The van der Waals surface area contributed by atoms with Crippen molar-refractivity contribution < 1.29 is 14.2 Å². The summed E-state index contributed by atoms with van der Waals surface area (Å²) in [5, 5.41) is 0.326. The first-order chi connectivity index (χ1) is 15.9. The van der Waals surface area contributed by atoms with E-state index in [1.54, 1.807) is 13.2 Å². The van der Waals surface area contributed by atoms with Crippen LogP contribution in [0.2, 0.25) is 0 Å². The summed E-state index contributed by atoms with van der Waals surface area (Å²) in [7, 11) is 8.51. The van der Waals surface area contributed by atoms with E-state index in [0.717, 1.165) is 17.9 Å². The second-order valence-electron chi connectivity index (χ2n) is 8.07. The summed E-state index contributed by atoms with van der Waals surface area (Å²) in [4.78, 5) is 29.5. The molecular formula is C24H29N5O4. The molecule has 0 atom stereocenters. The highest BCUT2D eigenvalue weighted by atomic mass is 16.5. The van der Waals surface area contributed by atoms with Gasteiger partial charge in [0.25, 0.3) is 5.56 Å². The van der Waals surface area contributed by atoms with E-state index in [4.69, 9.17) is 19.2 Å². The second kappa shape index (κ2) is 9.01. The largest absolute Gasteiger partial charge is 0.493 e. The van der Waals surface area contributed by atoms with Crippen molar-refractivity contribution in [3.8, 4) is 17.2 Å². The normalized spacial score (nSPS) is 13.6. The molecule has 2 aromatic carbocycles. The summed E-state index contributed by atoms with van der Waals surface area (Å²) in [5.41, 5.74) is 3.57. The Morgan fingerprint density at radius 3 is 2.58 bits per heavy atom. The molecule has 0 saturated heterocycles. The Bertz CT molecular complexity index is 1280. The number of anilines is 1. The number of nitrogens with zero attached hydrogens (tertiary/aromatic N) is 4. The average Bonchev–Trinajstić information content (AvgIpc) is 2.82. The maximum atomic E-state index is 13.0. The Balaban J connectivity index is 1.75. The van der Waals surface area contributed by atoms with E-state index >= 15 is 0 Å². The van der Waals surface area contributed by atoms with Crippen LogP contribution in [0.4, 0.5) is 11.6 Å². The molecule has 33 heavy (non-hydrogen) atoms. The number of nitrogens with one attached hydrogen (secondary N) is 1. The van der Waals surface area contributed by atoms with Crippen molar-refractivity contribution in [1.29, 1.82) is 0 Å². The number of H-pyrrole nitrogens is 1. The molecule has 0 fully saturated rings. The molecule has 174 valence electrons. The van der Waals surface area contributed by atoms with Crippen molar-refractivity contribution in [1.82, 2.24) is 14.9 Å². The van der Waals surface area contributed by atoms with Crippen LogP contribution in [0.15, 0.2) is 34.1 Å². The van der Waals surface area contributed by atoms with E-state index in [1.165, 1.54) is 25.3 Å². The predicted molar refractivity (Wildman–Crippen MR) is 130 cm³/mol. The standard InChI is InChI=1S/C24H29N5O4/c1-14(28(2)3)25-17-9-7-8-15-13-29(11-10-16(15)17)24-26-18-12-19(31-4)21(32-5)22(33-6)20(18)23(30)27-24/h7-9,12H,10-11,13H2,1-6H3,(H,26,27,30). The van der Waals surface area contributed by atoms with Crippen LogP contribution in [0, 0.1) is 0 Å². The third-order valence-electron chi connectivity index (χ3n) is 5.97. The molecule has 1 N–H and O–H groups in total. The van der Waals surface area contributed by atoms with Gasteiger partial charge < -0.3 is 29.0 Å². The van der Waals surface area contributed by atoms with E-state index in [-0.39, 0.29) is 5.56 Å². The molecule has 0 unspecified atom stereocenters. The van der Waals surface area contributed by atoms with Crippen molar-refractivity contribution in [3.05, 3.63) is 45.7 Å². The Kier molecular flexibility index (Phi) is 6.13. The molecule has 0 amide bonds. The number of hydrogen-bond acceptors (Lipinski definition) is 7. The van der Waals surface area contributed by atoms with Crippen LogP contribution in [-0.4, -0.2) is 62.7 Å². The molecule has 2 heterocycles. The molecule has 3 aromatic rings. The summed E-state index contributed by atoms with van der Waals surface area (Å²) in [6, 6.07) is 7.89. The van der Waals surface area contributed by atoms with Gasteiger partial charge in [0.1, 0.15) is 11.2 Å². The fraction of sp³-hybridized carbons (Fsp3) is 0.375. The first-order valence-electron chi connectivity index (χ1n) is 10.7. The van der Waals surface area contributed by atoms with Crippen LogP contribution >= 0.6 is 0 Å². The molecule has 0 spiro atoms. The Morgan fingerprint density at radius 1 is 1.15 bits per heavy atom. The lowest BCUT2D eigenvalue weighted by Gasteiger charge is -2.30. The lowest BCUT2D eigenvalue weighted by Crippen LogP contribution is -2.33. The number of aromatic amines is 1. The summed E-state index contributed by atoms with van der Waals surface area (Å²) >= 11 is 0. The maximum absolute atomic E-state index is 13.0. The van der Waals surface area contributed by atoms with Gasteiger partial charge >= 0.3 is 0 Å². The van der Waals surface area contributed by atoms with Gasteiger partial charge in [-0.3, -0.25) is 4.79 Å².